The smallest absolute Gasteiger partial charge is 0.306 e. The summed E-state index contributed by atoms with van der Waals surface area (Å²) in [6.45, 7) is 0.686. The topological polar surface area (TPSA) is 38.3 Å². The molecule has 2 rings (SSSR count). The molecule has 3 heteroatoms. The van der Waals surface area contributed by atoms with Crippen molar-refractivity contribution in [3.63, 3.8) is 0 Å². The van der Waals surface area contributed by atoms with Gasteiger partial charge in [0.05, 0.1) is 13.5 Å². The maximum absolute atomic E-state index is 11.1. The van der Waals surface area contributed by atoms with Crippen LogP contribution in [0.2, 0.25) is 0 Å². The minimum Gasteiger partial charge on any atom is -0.469 e. The molecule has 0 saturated heterocycles. The molecule has 0 amide bonds. The molecular weight excluding hydrogens is 226 g/mol. The van der Waals surface area contributed by atoms with Crippen LogP contribution in [0.1, 0.15) is 42.9 Å². The molecular formula is C15H21NO2. The summed E-state index contributed by atoms with van der Waals surface area (Å²) < 4.78 is 4.65. The number of carbonyl (C=O) groups is 1. The Hall–Kier alpha value is -1.35. The number of aryl methyl sites for hydroxylation is 1. The number of rotatable bonds is 4. The maximum Gasteiger partial charge on any atom is 0.306 e. The molecule has 0 radical (unpaired) electrons. The van der Waals surface area contributed by atoms with Gasteiger partial charge < -0.3 is 10.1 Å². The van der Waals surface area contributed by atoms with E-state index in [9.17, 15) is 4.79 Å². The van der Waals surface area contributed by atoms with E-state index in [0.29, 0.717) is 19.0 Å². The Morgan fingerprint density at radius 1 is 1.39 bits per heavy atom. The van der Waals surface area contributed by atoms with Gasteiger partial charge in [-0.3, -0.25) is 4.79 Å². The number of carbonyl (C=O) groups excluding carboxylic acids is 1. The second-order valence-corrected chi connectivity index (χ2v) is 4.78. The zero-order chi connectivity index (χ0) is 12.8. The van der Waals surface area contributed by atoms with E-state index >= 15 is 0 Å². The maximum atomic E-state index is 11.1. The van der Waals surface area contributed by atoms with Gasteiger partial charge in [0, 0.05) is 12.6 Å². The van der Waals surface area contributed by atoms with Gasteiger partial charge in [-0.1, -0.05) is 30.7 Å². The van der Waals surface area contributed by atoms with Crippen LogP contribution in [0.4, 0.5) is 0 Å². The van der Waals surface area contributed by atoms with Crippen LogP contribution >= 0.6 is 0 Å². The van der Waals surface area contributed by atoms with Crippen molar-refractivity contribution in [2.75, 3.05) is 13.7 Å². The summed E-state index contributed by atoms with van der Waals surface area (Å²) in [5.41, 5.74) is 2.85. The van der Waals surface area contributed by atoms with E-state index in [2.05, 4.69) is 34.3 Å². The van der Waals surface area contributed by atoms with Crippen molar-refractivity contribution in [1.82, 2.24) is 5.32 Å². The molecule has 18 heavy (non-hydrogen) atoms. The third-order valence-electron chi connectivity index (χ3n) is 3.57. The fraction of sp³-hybridized carbons (Fsp3) is 0.533. The zero-order valence-electron chi connectivity index (χ0n) is 10.9. The Bertz CT molecular complexity index is 403. The molecule has 1 atom stereocenters. The van der Waals surface area contributed by atoms with E-state index in [4.69, 9.17) is 0 Å². The first-order valence-corrected chi connectivity index (χ1v) is 6.69. The average Bonchev–Trinajstić information content (AvgIpc) is 2.61. The molecule has 0 bridgehead atoms. The summed E-state index contributed by atoms with van der Waals surface area (Å²) in [6.07, 6.45) is 5.26. The first-order valence-electron chi connectivity index (χ1n) is 6.69. The molecule has 0 aliphatic heterocycles. The van der Waals surface area contributed by atoms with E-state index < -0.39 is 0 Å². The predicted octanol–water partition coefficient (Wildman–Crippen LogP) is 2.61. The van der Waals surface area contributed by atoms with Crippen molar-refractivity contribution in [3.8, 4) is 0 Å². The lowest BCUT2D eigenvalue weighted by Gasteiger charge is -2.19. The molecule has 98 valence electrons. The van der Waals surface area contributed by atoms with Gasteiger partial charge in [0.25, 0.3) is 0 Å². The number of benzene rings is 1. The Morgan fingerprint density at radius 3 is 3.06 bits per heavy atom. The molecule has 1 aromatic carbocycles. The SMILES string of the molecule is COC(=O)CCNC1CCCCc2ccccc21. The summed E-state index contributed by atoms with van der Waals surface area (Å²) >= 11 is 0. The highest BCUT2D eigenvalue weighted by atomic mass is 16.5. The van der Waals surface area contributed by atoms with Gasteiger partial charge in [0.2, 0.25) is 0 Å². The molecule has 0 saturated carbocycles. The minimum absolute atomic E-state index is 0.149. The molecule has 1 aromatic rings. The number of nitrogens with one attached hydrogen (secondary N) is 1. The molecule has 3 nitrogen and oxygen atoms in total. The van der Waals surface area contributed by atoms with Crippen LogP contribution in [-0.4, -0.2) is 19.6 Å². The molecule has 0 spiro atoms. The highest BCUT2D eigenvalue weighted by Gasteiger charge is 2.17. The van der Waals surface area contributed by atoms with Crippen LogP contribution in [0.25, 0.3) is 0 Å². The van der Waals surface area contributed by atoms with E-state index in [0.717, 1.165) is 6.42 Å². The zero-order valence-corrected chi connectivity index (χ0v) is 10.9. The van der Waals surface area contributed by atoms with Crippen LogP contribution in [0.5, 0.6) is 0 Å². The average molecular weight is 247 g/mol. The first-order chi connectivity index (χ1) is 8.81. The fourth-order valence-electron chi connectivity index (χ4n) is 2.58. The lowest BCUT2D eigenvalue weighted by atomic mass is 9.99. The van der Waals surface area contributed by atoms with Gasteiger partial charge in [-0.2, -0.15) is 0 Å². The Balaban J connectivity index is 1.97. The highest BCUT2D eigenvalue weighted by Crippen LogP contribution is 2.28. The summed E-state index contributed by atoms with van der Waals surface area (Å²) in [4.78, 5) is 11.1. The van der Waals surface area contributed by atoms with Crippen LogP contribution < -0.4 is 5.32 Å². The molecule has 1 aliphatic carbocycles. The van der Waals surface area contributed by atoms with Crippen LogP contribution in [-0.2, 0) is 16.0 Å². The molecule has 0 fully saturated rings. The molecule has 1 N–H and O–H groups in total. The summed E-state index contributed by atoms with van der Waals surface area (Å²) in [5, 5.41) is 3.48. The van der Waals surface area contributed by atoms with Crippen molar-refractivity contribution in [2.24, 2.45) is 0 Å². The van der Waals surface area contributed by atoms with Crippen molar-refractivity contribution in [2.45, 2.75) is 38.1 Å². The first kappa shape index (κ1) is 13.1. The Kier molecular flexibility index (Phi) is 4.76. The van der Waals surface area contributed by atoms with Gasteiger partial charge in [-0.05, 0) is 30.4 Å². The van der Waals surface area contributed by atoms with Gasteiger partial charge in [-0.15, -0.1) is 0 Å². The Labute approximate surface area is 109 Å². The van der Waals surface area contributed by atoms with Crippen LogP contribution in [0.15, 0.2) is 24.3 Å². The van der Waals surface area contributed by atoms with Gasteiger partial charge in [-0.25, -0.2) is 0 Å². The normalized spacial score (nSPS) is 18.8. The van der Waals surface area contributed by atoms with Gasteiger partial charge in [0.15, 0.2) is 0 Å². The van der Waals surface area contributed by atoms with E-state index in [-0.39, 0.29) is 5.97 Å². The lowest BCUT2D eigenvalue weighted by molar-refractivity contribution is -0.140. The highest BCUT2D eigenvalue weighted by molar-refractivity contribution is 5.69. The Morgan fingerprint density at radius 2 is 2.22 bits per heavy atom. The largest absolute Gasteiger partial charge is 0.469 e. The number of methoxy groups -OCH3 is 1. The molecule has 0 aromatic heterocycles. The number of fused-ring (bicyclic) bond motifs is 1. The van der Waals surface area contributed by atoms with Crippen molar-refractivity contribution < 1.29 is 9.53 Å². The second kappa shape index (κ2) is 6.55. The predicted molar refractivity (Wildman–Crippen MR) is 71.4 cm³/mol. The number of hydrogen-bond donors (Lipinski definition) is 1. The number of esters is 1. The van der Waals surface area contributed by atoms with Crippen LogP contribution in [0.3, 0.4) is 0 Å². The summed E-state index contributed by atoms with van der Waals surface area (Å²) in [6, 6.07) is 9.01. The summed E-state index contributed by atoms with van der Waals surface area (Å²) in [7, 11) is 1.43. The van der Waals surface area contributed by atoms with E-state index in [1.807, 2.05) is 0 Å². The van der Waals surface area contributed by atoms with Crippen LogP contribution in [0, 0.1) is 0 Å². The fourth-order valence-corrected chi connectivity index (χ4v) is 2.58. The quantitative estimate of drug-likeness (QED) is 0.656. The van der Waals surface area contributed by atoms with Gasteiger partial charge >= 0.3 is 5.97 Å². The standard InChI is InChI=1S/C15H21NO2/c1-18-15(17)10-11-16-14-9-5-3-7-12-6-2-4-8-13(12)14/h2,4,6,8,14,16H,3,5,7,9-11H2,1H3. The number of hydrogen-bond acceptors (Lipinski definition) is 3. The molecule has 0 heterocycles. The second-order valence-electron chi connectivity index (χ2n) is 4.78. The third kappa shape index (κ3) is 3.33. The summed E-state index contributed by atoms with van der Waals surface area (Å²) in [5.74, 6) is -0.149. The van der Waals surface area contributed by atoms with Gasteiger partial charge in [0.1, 0.15) is 0 Å². The van der Waals surface area contributed by atoms with Crippen molar-refractivity contribution >= 4 is 5.97 Å². The van der Waals surface area contributed by atoms with E-state index in [1.165, 1.54) is 37.5 Å². The molecule has 1 aliphatic rings. The molecule has 1 unspecified atom stereocenters. The van der Waals surface area contributed by atoms with E-state index in [1.54, 1.807) is 0 Å². The minimum atomic E-state index is -0.149. The monoisotopic (exact) mass is 247 g/mol. The van der Waals surface area contributed by atoms with Crippen molar-refractivity contribution in [3.05, 3.63) is 35.4 Å². The lowest BCUT2D eigenvalue weighted by Crippen LogP contribution is -2.24. The van der Waals surface area contributed by atoms with Crippen molar-refractivity contribution in [1.29, 1.82) is 0 Å². The number of ether oxygens (including phenoxy) is 1. The third-order valence-corrected chi connectivity index (χ3v) is 3.57.